The van der Waals surface area contributed by atoms with Gasteiger partial charge in [-0.15, -0.1) is 0 Å². The fraction of sp³-hybridized carbons (Fsp3) is 0.115. The normalized spacial score (nSPS) is 11.1. The highest BCUT2D eigenvalue weighted by atomic mass is 32.1. The van der Waals surface area contributed by atoms with Gasteiger partial charge in [-0.05, 0) is 49.2 Å². The number of benzene rings is 2. The number of thiazole rings is 1. The van der Waals surface area contributed by atoms with Gasteiger partial charge in [0, 0.05) is 30.1 Å². The van der Waals surface area contributed by atoms with Crippen molar-refractivity contribution in [1.82, 2.24) is 14.4 Å². The number of aromatic nitrogens is 3. The molecule has 3 heterocycles. The first-order valence-corrected chi connectivity index (χ1v) is 11.2. The topological polar surface area (TPSA) is 59.3 Å². The van der Waals surface area contributed by atoms with E-state index in [4.69, 9.17) is 0 Å². The molecule has 0 fully saturated rings. The number of hydrogen-bond donors (Lipinski definition) is 1. The fourth-order valence-electron chi connectivity index (χ4n) is 3.83. The maximum Gasteiger partial charge on any atom is 0.187 e. The highest BCUT2D eigenvalue weighted by Crippen LogP contribution is 2.33. The molecule has 5 aromatic rings. The van der Waals surface area contributed by atoms with Gasteiger partial charge in [0.1, 0.15) is 5.65 Å². The number of Topliss-reactive ketones (excluding diaryl/α,β-unsaturated/α-hetero) is 1. The van der Waals surface area contributed by atoms with Crippen molar-refractivity contribution in [1.29, 1.82) is 0 Å². The van der Waals surface area contributed by atoms with Crippen LogP contribution in [0.3, 0.4) is 0 Å². The smallest absolute Gasteiger partial charge is 0.187 e. The first-order valence-electron chi connectivity index (χ1n) is 10.4. The van der Waals surface area contributed by atoms with Gasteiger partial charge < -0.3 is 5.32 Å². The molecular weight excluding hydrogens is 416 g/mol. The molecule has 5 nitrogen and oxygen atoms in total. The lowest BCUT2D eigenvalue weighted by Gasteiger charge is -2.07. The Hall–Kier alpha value is -3.77. The highest BCUT2D eigenvalue weighted by molar-refractivity contribution is 7.18. The molecule has 158 valence electrons. The lowest BCUT2D eigenvalue weighted by Crippen LogP contribution is -2.05. The summed E-state index contributed by atoms with van der Waals surface area (Å²) < 4.78 is 2.08. The summed E-state index contributed by atoms with van der Waals surface area (Å²) in [5.74, 6) is 0.101. The average Bonchev–Trinajstić information content (AvgIpc) is 3.38. The Kier molecular flexibility index (Phi) is 5.29. The minimum absolute atomic E-state index is 0.101. The number of carbonyl (C=O) groups excluding carboxylic acids is 1. The zero-order chi connectivity index (χ0) is 22.1. The van der Waals surface area contributed by atoms with Crippen LogP contribution in [0.4, 0.5) is 10.8 Å². The second kappa shape index (κ2) is 8.40. The minimum atomic E-state index is 0.101. The van der Waals surface area contributed by atoms with E-state index in [2.05, 4.69) is 19.7 Å². The van der Waals surface area contributed by atoms with Crippen molar-refractivity contribution in [3.63, 3.8) is 0 Å². The minimum Gasteiger partial charge on any atom is -0.332 e. The number of fused-ring (bicyclic) bond motifs is 1. The third kappa shape index (κ3) is 3.92. The Labute approximate surface area is 190 Å². The van der Waals surface area contributed by atoms with E-state index in [0.717, 1.165) is 43.9 Å². The Morgan fingerprint density at radius 2 is 1.88 bits per heavy atom. The number of anilines is 2. The first-order chi connectivity index (χ1) is 15.6. The van der Waals surface area contributed by atoms with Crippen LogP contribution in [0.5, 0.6) is 0 Å². The molecule has 5 rings (SSSR count). The first kappa shape index (κ1) is 20.2. The van der Waals surface area contributed by atoms with Crippen LogP contribution in [0.1, 0.15) is 27.2 Å². The Balaban J connectivity index is 1.37. The molecule has 32 heavy (non-hydrogen) atoms. The SMILES string of the molecule is Cc1ccccc1CC(=O)c1cccc(Nc2ncc(-c3c(C)nc4ccccn34)s2)c1. The third-order valence-corrected chi connectivity index (χ3v) is 6.41. The van der Waals surface area contributed by atoms with E-state index in [1.54, 1.807) is 11.3 Å². The van der Waals surface area contributed by atoms with E-state index in [9.17, 15) is 4.79 Å². The quantitative estimate of drug-likeness (QED) is 0.319. The van der Waals surface area contributed by atoms with Crippen LogP contribution in [0.15, 0.2) is 79.1 Å². The molecule has 6 heteroatoms. The number of carbonyl (C=O) groups is 1. The van der Waals surface area contributed by atoms with E-state index >= 15 is 0 Å². The standard InChI is InChI=1S/C26H22N4OS/c1-17-8-3-4-9-19(17)15-22(31)20-10-7-11-21(14-20)29-26-27-16-23(32-26)25-18(2)28-24-12-5-6-13-30(24)25/h3-14,16H,15H2,1-2H3,(H,27,29). The van der Waals surface area contributed by atoms with E-state index < -0.39 is 0 Å². The van der Waals surface area contributed by atoms with Crippen molar-refractivity contribution >= 4 is 33.6 Å². The van der Waals surface area contributed by atoms with Gasteiger partial charge in [-0.3, -0.25) is 9.20 Å². The molecule has 3 aromatic heterocycles. The number of hydrogen-bond acceptors (Lipinski definition) is 5. The van der Waals surface area contributed by atoms with E-state index in [0.29, 0.717) is 12.0 Å². The van der Waals surface area contributed by atoms with Crippen molar-refractivity contribution in [3.8, 4) is 10.6 Å². The summed E-state index contributed by atoms with van der Waals surface area (Å²) in [6.45, 7) is 4.05. The maximum atomic E-state index is 12.8. The molecule has 0 bridgehead atoms. The number of rotatable bonds is 6. The lowest BCUT2D eigenvalue weighted by atomic mass is 9.99. The van der Waals surface area contributed by atoms with Crippen molar-refractivity contribution < 1.29 is 4.79 Å². The van der Waals surface area contributed by atoms with Gasteiger partial charge in [-0.25, -0.2) is 9.97 Å². The lowest BCUT2D eigenvalue weighted by molar-refractivity contribution is 0.0993. The maximum absolute atomic E-state index is 12.8. The van der Waals surface area contributed by atoms with Crippen molar-refractivity contribution in [2.45, 2.75) is 20.3 Å². The van der Waals surface area contributed by atoms with Gasteiger partial charge in [0.05, 0.1) is 16.3 Å². The molecule has 0 saturated heterocycles. The largest absolute Gasteiger partial charge is 0.332 e. The summed E-state index contributed by atoms with van der Waals surface area (Å²) in [6, 6.07) is 21.6. The van der Waals surface area contributed by atoms with Gasteiger partial charge in [-0.1, -0.05) is 53.8 Å². The zero-order valence-corrected chi connectivity index (χ0v) is 18.7. The molecule has 0 spiro atoms. The van der Waals surface area contributed by atoms with Gasteiger partial charge >= 0.3 is 0 Å². The number of aryl methyl sites for hydroxylation is 2. The number of pyridine rings is 1. The predicted octanol–water partition coefficient (Wildman–Crippen LogP) is 6.24. The van der Waals surface area contributed by atoms with Crippen LogP contribution in [0, 0.1) is 13.8 Å². The van der Waals surface area contributed by atoms with Gasteiger partial charge in [0.25, 0.3) is 0 Å². The average molecular weight is 439 g/mol. The molecule has 0 aliphatic heterocycles. The summed E-state index contributed by atoms with van der Waals surface area (Å²) in [6.07, 6.45) is 4.27. The highest BCUT2D eigenvalue weighted by Gasteiger charge is 2.14. The van der Waals surface area contributed by atoms with Crippen LogP contribution < -0.4 is 5.32 Å². The number of nitrogens with zero attached hydrogens (tertiary/aromatic N) is 3. The molecule has 0 amide bonds. The number of ketones is 1. The molecule has 2 aromatic carbocycles. The van der Waals surface area contributed by atoms with Crippen LogP contribution in [0.25, 0.3) is 16.2 Å². The fourth-order valence-corrected chi connectivity index (χ4v) is 4.76. The summed E-state index contributed by atoms with van der Waals surface area (Å²) in [5.41, 5.74) is 6.66. The number of nitrogens with one attached hydrogen (secondary N) is 1. The monoisotopic (exact) mass is 438 g/mol. The Morgan fingerprint density at radius 3 is 2.75 bits per heavy atom. The van der Waals surface area contributed by atoms with Gasteiger partial charge in [0.2, 0.25) is 0 Å². The molecular formula is C26H22N4OS. The molecule has 0 unspecified atom stereocenters. The molecule has 0 aliphatic carbocycles. The molecule has 0 atom stereocenters. The van der Waals surface area contributed by atoms with Crippen LogP contribution >= 0.6 is 11.3 Å². The summed E-state index contributed by atoms with van der Waals surface area (Å²) in [7, 11) is 0. The van der Waals surface area contributed by atoms with E-state index in [-0.39, 0.29) is 5.78 Å². The van der Waals surface area contributed by atoms with Crippen LogP contribution in [-0.4, -0.2) is 20.2 Å². The number of imidazole rings is 1. The summed E-state index contributed by atoms with van der Waals surface area (Å²) in [4.78, 5) is 23.1. The van der Waals surface area contributed by atoms with Crippen LogP contribution in [-0.2, 0) is 6.42 Å². The molecule has 0 saturated carbocycles. The van der Waals surface area contributed by atoms with Gasteiger partial charge in [-0.2, -0.15) is 0 Å². The van der Waals surface area contributed by atoms with Crippen LogP contribution in [0.2, 0.25) is 0 Å². The van der Waals surface area contributed by atoms with Crippen molar-refractivity contribution in [3.05, 3.63) is 102 Å². The summed E-state index contributed by atoms with van der Waals surface area (Å²) >= 11 is 1.57. The Bertz CT molecular complexity index is 1430. The summed E-state index contributed by atoms with van der Waals surface area (Å²) in [5, 5.41) is 4.12. The predicted molar refractivity (Wildman–Crippen MR) is 130 cm³/mol. The van der Waals surface area contributed by atoms with Crippen molar-refractivity contribution in [2.75, 3.05) is 5.32 Å². The van der Waals surface area contributed by atoms with E-state index in [1.165, 1.54) is 0 Å². The second-order valence-corrected chi connectivity index (χ2v) is 8.77. The van der Waals surface area contributed by atoms with Gasteiger partial charge in [0.15, 0.2) is 10.9 Å². The molecule has 0 radical (unpaired) electrons. The Morgan fingerprint density at radius 1 is 1.03 bits per heavy atom. The third-order valence-electron chi connectivity index (χ3n) is 5.49. The van der Waals surface area contributed by atoms with E-state index in [1.807, 2.05) is 93.0 Å². The second-order valence-electron chi connectivity index (χ2n) is 7.74. The zero-order valence-electron chi connectivity index (χ0n) is 17.9. The van der Waals surface area contributed by atoms with Crippen molar-refractivity contribution in [2.24, 2.45) is 0 Å². The molecule has 0 aliphatic rings. The molecule has 1 N–H and O–H groups in total.